The maximum absolute atomic E-state index is 13.5. The van der Waals surface area contributed by atoms with Crippen LogP contribution in [0.1, 0.15) is 64.3 Å². The smallest absolute Gasteiger partial charge is 0.318 e. The molecule has 2 aromatic rings. The molecule has 0 radical (unpaired) electrons. The van der Waals surface area contributed by atoms with E-state index in [1.54, 1.807) is 12.3 Å². The molecule has 0 saturated heterocycles. The van der Waals surface area contributed by atoms with Crippen LogP contribution in [0, 0.1) is 5.82 Å². The Hall–Kier alpha value is -2.37. The Kier molecular flexibility index (Phi) is 6.37. The van der Waals surface area contributed by atoms with Crippen LogP contribution in [0.5, 0.6) is 0 Å². The molecule has 0 unspecified atom stereocenters. The molecule has 0 bridgehead atoms. The molecule has 0 atom stereocenters. The van der Waals surface area contributed by atoms with Crippen molar-refractivity contribution in [2.75, 3.05) is 0 Å². The van der Waals surface area contributed by atoms with E-state index in [1.807, 2.05) is 42.5 Å². The Labute approximate surface area is 167 Å². The van der Waals surface area contributed by atoms with Crippen molar-refractivity contribution in [3.63, 3.8) is 0 Å². The molecule has 6 heteroatoms. The summed E-state index contributed by atoms with van der Waals surface area (Å²) in [4.78, 5) is 19.5. The van der Waals surface area contributed by atoms with Gasteiger partial charge in [0.25, 0.3) is 0 Å². The summed E-state index contributed by atoms with van der Waals surface area (Å²) in [6.45, 7) is 6.97. The first-order valence-electron chi connectivity index (χ1n) is 10.1. The lowest BCUT2D eigenvalue weighted by Gasteiger charge is -2.36. The molecular formula is C22H31FN4O. The summed E-state index contributed by atoms with van der Waals surface area (Å²) in [5.74, 6) is 0.575. The van der Waals surface area contributed by atoms with Gasteiger partial charge in [0.15, 0.2) is 0 Å². The van der Waals surface area contributed by atoms with Gasteiger partial charge in [-0.1, -0.05) is 31.4 Å². The zero-order valence-corrected chi connectivity index (χ0v) is 17.1. The molecule has 1 aliphatic carbocycles. The van der Waals surface area contributed by atoms with Crippen molar-refractivity contribution >= 4 is 6.03 Å². The van der Waals surface area contributed by atoms with Crippen LogP contribution in [0.4, 0.5) is 9.18 Å². The molecule has 1 aliphatic rings. The molecule has 0 aliphatic heterocycles. The third-order valence-electron chi connectivity index (χ3n) is 5.11. The summed E-state index contributed by atoms with van der Waals surface area (Å²) < 4.78 is 15.5. The zero-order valence-electron chi connectivity index (χ0n) is 17.1. The molecule has 1 fully saturated rings. The fourth-order valence-electron chi connectivity index (χ4n) is 3.77. The van der Waals surface area contributed by atoms with E-state index in [4.69, 9.17) is 0 Å². The summed E-state index contributed by atoms with van der Waals surface area (Å²) in [6, 6.07) is 6.79. The zero-order chi connectivity index (χ0) is 20.1. The number of benzene rings is 1. The summed E-state index contributed by atoms with van der Waals surface area (Å²) in [7, 11) is 0. The van der Waals surface area contributed by atoms with E-state index in [0.717, 1.165) is 37.1 Å². The molecule has 1 aromatic heterocycles. The first kappa shape index (κ1) is 20.4. The van der Waals surface area contributed by atoms with Crippen molar-refractivity contribution in [1.82, 2.24) is 19.8 Å². The van der Waals surface area contributed by atoms with Gasteiger partial charge < -0.3 is 14.8 Å². The molecular weight excluding hydrogens is 355 g/mol. The minimum absolute atomic E-state index is 0.0419. The van der Waals surface area contributed by atoms with Crippen LogP contribution in [0.3, 0.4) is 0 Å². The van der Waals surface area contributed by atoms with Gasteiger partial charge in [0.2, 0.25) is 0 Å². The van der Waals surface area contributed by atoms with Crippen molar-refractivity contribution < 1.29 is 9.18 Å². The highest BCUT2D eigenvalue weighted by molar-refractivity contribution is 5.75. The second-order valence-corrected chi connectivity index (χ2v) is 8.70. The normalized spacial score (nSPS) is 15.4. The van der Waals surface area contributed by atoms with Gasteiger partial charge in [0.05, 0.1) is 6.54 Å². The maximum Gasteiger partial charge on any atom is 0.318 e. The van der Waals surface area contributed by atoms with Gasteiger partial charge in [-0.3, -0.25) is 0 Å². The Morgan fingerprint density at radius 3 is 2.71 bits per heavy atom. The van der Waals surface area contributed by atoms with Gasteiger partial charge in [-0.2, -0.15) is 0 Å². The van der Waals surface area contributed by atoms with E-state index in [0.29, 0.717) is 13.1 Å². The Bertz CT molecular complexity index is 790. The number of rotatable bonds is 5. The van der Waals surface area contributed by atoms with E-state index in [9.17, 15) is 9.18 Å². The first-order chi connectivity index (χ1) is 13.3. The second kappa shape index (κ2) is 8.76. The minimum Gasteiger partial charge on any atom is -0.333 e. The molecule has 1 aromatic carbocycles. The summed E-state index contributed by atoms with van der Waals surface area (Å²) in [6.07, 6.45) is 9.24. The van der Waals surface area contributed by atoms with Crippen LogP contribution in [0.2, 0.25) is 0 Å². The summed E-state index contributed by atoms with van der Waals surface area (Å²) in [5.41, 5.74) is 0.587. The Morgan fingerprint density at radius 2 is 2.04 bits per heavy atom. The highest BCUT2D eigenvalue weighted by Gasteiger charge is 2.28. The van der Waals surface area contributed by atoms with E-state index in [-0.39, 0.29) is 23.4 Å². The van der Waals surface area contributed by atoms with E-state index >= 15 is 0 Å². The van der Waals surface area contributed by atoms with Crippen LogP contribution < -0.4 is 5.32 Å². The predicted molar refractivity (Wildman–Crippen MR) is 108 cm³/mol. The second-order valence-electron chi connectivity index (χ2n) is 8.70. The van der Waals surface area contributed by atoms with Crippen LogP contribution in [-0.4, -0.2) is 32.1 Å². The van der Waals surface area contributed by atoms with Crippen molar-refractivity contribution in [2.24, 2.45) is 0 Å². The largest absolute Gasteiger partial charge is 0.333 e. The predicted octanol–water partition coefficient (Wildman–Crippen LogP) is 4.71. The lowest BCUT2D eigenvalue weighted by molar-refractivity contribution is 0.141. The van der Waals surface area contributed by atoms with Crippen molar-refractivity contribution in [1.29, 1.82) is 0 Å². The number of nitrogens with zero attached hydrogens (tertiary/aromatic N) is 3. The molecule has 0 spiro atoms. The number of carbonyl (C=O) groups is 1. The topological polar surface area (TPSA) is 50.2 Å². The molecule has 2 amide bonds. The summed E-state index contributed by atoms with van der Waals surface area (Å²) in [5, 5.41) is 3.11. The third-order valence-corrected chi connectivity index (χ3v) is 5.11. The molecule has 5 nitrogen and oxygen atoms in total. The number of halogens is 1. The van der Waals surface area contributed by atoms with Gasteiger partial charge in [0, 0.05) is 30.5 Å². The third kappa shape index (κ3) is 5.57. The molecule has 3 rings (SSSR count). The molecule has 28 heavy (non-hydrogen) atoms. The number of nitrogens with one attached hydrogen (secondary N) is 1. The number of hydrogen-bond donors (Lipinski definition) is 1. The Morgan fingerprint density at radius 1 is 1.29 bits per heavy atom. The van der Waals surface area contributed by atoms with E-state index in [1.165, 1.54) is 18.6 Å². The van der Waals surface area contributed by atoms with Crippen LogP contribution >= 0.6 is 0 Å². The standard InChI is InChI=1S/C22H31FN4O/c1-22(2,3)25-21(28)27(19-10-5-4-6-11-19)16-20-24-12-13-26(20)15-17-8-7-9-18(23)14-17/h7-9,12-14,19H,4-6,10-11,15-16H2,1-3H3,(H,25,28). The molecule has 1 heterocycles. The molecule has 152 valence electrons. The van der Waals surface area contributed by atoms with Gasteiger partial charge in [-0.15, -0.1) is 0 Å². The fourth-order valence-corrected chi connectivity index (χ4v) is 3.77. The van der Waals surface area contributed by atoms with Crippen LogP contribution in [-0.2, 0) is 13.1 Å². The number of imidazole rings is 1. The monoisotopic (exact) mass is 386 g/mol. The lowest BCUT2D eigenvalue weighted by atomic mass is 9.94. The number of aromatic nitrogens is 2. The van der Waals surface area contributed by atoms with Crippen molar-refractivity contribution in [3.8, 4) is 0 Å². The van der Waals surface area contributed by atoms with Gasteiger partial charge in [-0.05, 0) is 51.3 Å². The van der Waals surface area contributed by atoms with Crippen LogP contribution in [0.25, 0.3) is 0 Å². The average Bonchev–Trinajstić information content (AvgIpc) is 3.05. The van der Waals surface area contributed by atoms with Crippen molar-refractivity contribution in [3.05, 3.63) is 53.9 Å². The minimum atomic E-state index is -0.291. The molecule has 1 saturated carbocycles. The Balaban J connectivity index is 1.78. The fraction of sp³-hybridized carbons (Fsp3) is 0.545. The van der Waals surface area contributed by atoms with E-state index in [2.05, 4.69) is 10.3 Å². The molecule has 1 N–H and O–H groups in total. The number of carbonyl (C=O) groups excluding carboxylic acids is 1. The first-order valence-corrected chi connectivity index (χ1v) is 10.1. The quantitative estimate of drug-likeness (QED) is 0.809. The van der Waals surface area contributed by atoms with Gasteiger partial charge in [0.1, 0.15) is 11.6 Å². The number of amides is 2. The number of urea groups is 1. The van der Waals surface area contributed by atoms with E-state index < -0.39 is 0 Å². The van der Waals surface area contributed by atoms with Crippen molar-refractivity contribution in [2.45, 2.75) is 77.5 Å². The highest BCUT2D eigenvalue weighted by atomic mass is 19.1. The number of hydrogen-bond acceptors (Lipinski definition) is 2. The highest BCUT2D eigenvalue weighted by Crippen LogP contribution is 2.24. The summed E-state index contributed by atoms with van der Waals surface area (Å²) >= 11 is 0. The van der Waals surface area contributed by atoms with Gasteiger partial charge in [-0.25, -0.2) is 14.2 Å². The lowest BCUT2D eigenvalue weighted by Crippen LogP contribution is -2.52. The SMILES string of the molecule is CC(C)(C)NC(=O)N(Cc1nccn1Cc1cccc(F)c1)C1CCCCC1. The average molecular weight is 387 g/mol. The van der Waals surface area contributed by atoms with Gasteiger partial charge >= 0.3 is 6.03 Å². The van der Waals surface area contributed by atoms with Crippen LogP contribution in [0.15, 0.2) is 36.7 Å². The maximum atomic E-state index is 13.5.